The first-order chi connectivity index (χ1) is 11.3. The van der Waals surface area contributed by atoms with Crippen molar-refractivity contribution in [1.82, 2.24) is 10.2 Å². The fraction of sp³-hybridized carbons (Fsp3) is 0.316. The van der Waals surface area contributed by atoms with E-state index in [2.05, 4.69) is 29.6 Å². The maximum absolute atomic E-state index is 12.2. The molecule has 0 atom stereocenters. The Bertz CT molecular complexity index is 547. The maximum atomic E-state index is 12.2. The van der Waals surface area contributed by atoms with Gasteiger partial charge in [0, 0.05) is 25.6 Å². The van der Waals surface area contributed by atoms with Crippen molar-refractivity contribution >= 4 is 6.03 Å². The number of carbonyl (C=O) groups excluding carboxylic acids is 1. The Kier molecular flexibility index (Phi) is 6.63. The van der Waals surface area contributed by atoms with E-state index >= 15 is 0 Å². The lowest BCUT2D eigenvalue weighted by Gasteiger charge is -2.23. The summed E-state index contributed by atoms with van der Waals surface area (Å²) in [5, 5.41) is 12.0. The maximum Gasteiger partial charge on any atom is 0.317 e. The summed E-state index contributed by atoms with van der Waals surface area (Å²) in [6.45, 7) is 3.33. The average molecular weight is 312 g/mol. The molecule has 2 N–H and O–H groups in total. The molecule has 0 aromatic heterocycles. The quantitative estimate of drug-likeness (QED) is 0.826. The van der Waals surface area contributed by atoms with E-state index in [1.54, 1.807) is 4.90 Å². The van der Waals surface area contributed by atoms with Gasteiger partial charge in [-0.25, -0.2) is 4.79 Å². The van der Waals surface area contributed by atoms with E-state index in [1.807, 2.05) is 43.3 Å². The van der Waals surface area contributed by atoms with Gasteiger partial charge in [0.15, 0.2) is 0 Å². The van der Waals surface area contributed by atoms with Crippen LogP contribution >= 0.6 is 0 Å². The smallest absolute Gasteiger partial charge is 0.317 e. The number of nitrogens with one attached hydrogen (secondary N) is 1. The van der Waals surface area contributed by atoms with Gasteiger partial charge in [-0.3, -0.25) is 0 Å². The van der Waals surface area contributed by atoms with Crippen LogP contribution in [0.4, 0.5) is 4.79 Å². The van der Waals surface area contributed by atoms with E-state index in [4.69, 9.17) is 5.11 Å². The van der Waals surface area contributed by atoms with Gasteiger partial charge in [0.05, 0.1) is 6.61 Å². The molecule has 0 aliphatic heterocycles. The van der Waals surface area contributed by atoms with E-state index in [9.17, 15) is 4.79 Å². The molecule has 0 saturated heterocycles. The summed E-state index contributed by atoms with van der Waals surface area (Å²) >= 11 is 0. The Balaban J connectivity index is 2.12. The minimum atomic E-state index is -0.140. The molecule has 0 spiro atoms. The monoisotopic (exact) mass is 312 g/mol. The predicted octanol–water partition coefficient (Wildman–Crippen LogP) is 2.84. The molecular weight excluding hydrogens is 288 g/mol. The Morgan fingerprint density at radius 3 is 2.00 bits per heavy atom. The van der Waals surface area contributed by atoms with Gasteiger partial charge in [-0.05, 0) is 18.1 Å². The third-order valence-electron chi connectivity index (χ3n) is 3.90. The lowest BCUT2D eigenvalue weighted by Crippen LogP contribution is -2.42. The zero-order valence-corrected chi connectivity index (χ0v) is 13.5. The van der Waals surface area contributed by atoms with Crippen molar-refractivity contribution < 1.29 is 9.90 Å². The van der Waals surface area contributed by atoms with Crippen LogP contribution in [0.25, 0.3) is 0 Å². The molecule has 0 saturated carbocycles. The summed E-state index contributed by atoms with van der Waals surface area (Å²) in [6.07, 6.45) is 0. The van der Waals surface area contributed by atoms with Crippen LogP contribution in [0.5, 0.6) is 0 Å². The predicted molar refractivity (Wildman–Crippen MR) is 92.5 cm³/mol. The fourth-order valence-electron chi connectivity index (χ4n) is 2.62. The Hall–Kier alpha value is -2.33. The molecule has 0 bridgehead atoms. The van der Waals surface area contributed by atoms with Crippen LogP contribution in [0, 0.1) is 0 Å². The van der Waals surface area contributed by atoms with Crippen molar-refractivity contribution in [2.75, 3.05) is 26.2 Å². The second-order valence-corrected chi connectivity index (χ2v) is 5.36. The number of urea groups is 1. The van der Waals surface area contributed by atoms with E-state index in [1.165, 1.54) is 11.1 Å². The second kappa shape index (κ2) is 8.96. The van der Waals surface area contributed by atoms with Gasteiger partial charge in [0.2, 0.25) is 0 Å². The molecule has 0 radical (unpaired) electrons. The number of nitrogens with zero attached hydrogens (tertiary/aromatic N) is 1. The number of hydrogen-bond acceptors (Lipinski definition) is 2. The highest BCUT2D eigenvalue weighted by Crippen LogP contribution is 2.23. The summed E-state index contributed by atoms with van der Waals surface area (Å²) in [5.74, 6) is 0.106. The first-order valence-electron chi connectivity index (χ1n) is 7.99. The van der Waals surface area contributed by atoms with Crippen LogP contribution in [0.2, 0.25) is 0 Å². The molecule has 0 aliphatic rings. The number of aliphatic hydroxyl groups excluding tert-OH is 1. The highest BCUT2D eigenvalue weighted by Gasteiger charge is 2.17. The molecule has 2 rings (SSSR count). The van der Waals surface area contributed by atoms with Crippen LogP contribution in [-0.4, -0.2) is 42.3 Å². The normalized spacial score (nSPS) is 10.6. The van der Waals surface area contributed by atoms with E-state index in [-0.39, 0.29) is 18.6 Å². The van der Waals surface area contributed by atoms with Crippen molar-refractivity contribution in [1.29, 1.82) is 0 Å². The summed E-state index contributed by atoms with van der Waals surface area (Å²) in [4.78, 5) is 13.8. The van der Waals surface area contributed by atoms with Crippen LogP contribution in [0.1, 0.15) is 24.0 Å². The molecule has 2 aromatic rings. The minimum Gasteiger partial charge on any atom is -0.395 e. The summed E-state index contributed by atoms with van der Waals surface area (Å²) in [6, 6.07) is 20.2. The fourth-order valence-corrected chi connectivity index (χ4v) is 2.62. The van der Waals surface area contributed by atoms with Crippen molar-refractivity contribution in [2.24, 2.45) is 0 Å². The van der Waals surface area contributed by atoms with Gasteiger partial charge in [0.1, 0.15) is 0 Å². The Morgan fingerprint density at radius 1 is 1.04 bits per heavy atom. The summed E-state index contributed by atoms with van der Waals surface area (Å²) in [5.41, 5.74) is 2.34. The van der Waals surface area contributed by atoms with Gasteiger partial charge in [0.25, 0.3) is 0 Å². The topological polar surface area (TPSA) is 52.6 Å². The highest BCUT2D eigenvalue weighted by molar-refractivity contribution is 5.74. The zero-order valence-electron chi connectivity index (χ0n) is 13.5. The molecule has 0 aliphatic carbocycles. The molecule has 4 nitrogen and oxygen atoms in total. The lowest BCUT2D eigenvalue weighted by atomic mass is 9.91. The average Bonchev–Trinajstić information content (AvgIpc) is 2.61. The van der Waals surface area contributed by atoms with E-state index < -0.39 is 0 Å². The SMILES string of the molecule is CCN(CCO)C(=O)NCC(c1ccccc1)c1ccccc1. The van der Waals surface area contributed by atoms with Crippen LogP contribution in [0.3, 0.4) is 0 Å². The first kappa shape index (κ1) is 17.0. The molecule has 23 heavy (non-hydrogen) atoms. The Morgan fingerprint density at radius 2 is 1.57 bits per heavy atom. The first-order valence-corrected chi connectivity index (χ1v) is 7.99. The van der Waals surface area contributed by atoms with Gasteiger partial charge in [-0.15, -0.1) is 0 Å². The van der Waals surface area contributed by atoms with Gasteiger partial charge in [-0.2, -0.15) is 0 Å². The summed E-state index contributed by atoms with van der Waals surface area (Å²) in [7, 11) is 0. The van der Waals surface area contributed by atoms with Crippen molar-refractivity contribution in [3.05, 3.63) is 71.8 Å². The summed E-state index contributed by atoms with van der Waals surface area (Å²) < 4.78 is 0. The third-order valence-corrected chi connectivity index (χ3v) is 3.90. The number of aliphatic hydroxyl groups is 1. The van der Waals surface area contributed by atoms with Crippen molar-refractivity contribution in [2.45, 2.75) is 12.8 Å². The van der Waals surface area contributed by atoms with Gasteiger partial charge >= 0.3 is 6.03 Å². The third kappa shape index (κ3) is 4.83. The standard InChI is InChI=1S/C19H24N2O2/c1-2-21(13-14-22)19(23)20-15-18(16-9-5-3-6-10-16)17-11-7-4-8-12-17/h3-12,18,22H,2,13-15H2,1H3,(H,20,23). The van der Waals surface area contributed by atoms with Crippen molar-refractivity contribution in [3.63, 3.8) is 0 Å². The molecule has 0 unspecified atom stereocenters. The zero-order chi connectivity index (χ0) is 16.5. The number of rotatable bonds is 7. The highest BCUT2D eigenvalue weighted by atomic mass is 16.3. The molecule has 2 aromatic carbocycles. The minimum absolute atomic E-state index is 0.0257. The van der Waals surface area contributed by atoms with E-state index in [0.29, 0.717) is 19.6 Å². The molecule has 0 heterocycles. The van der Waals surface area contributed by atoms with Crippen LogP contribution in [0.15, 0.2) is 60.7 Å². The molecule has 2 amide bonds. The van der Waals surface area contributed by atoms with Gasteiger partial charge in [-0.1, -0.05) is 60.7 Å². The molecular formula is C19H24N2O2. The van der Waals surface area contributed by atoms with Crippen LogP contribution < -0.4 is 5.32 Å². The number of carbonyl (C=O) groups is 1. The second-order valence-electron chi connectivity index (χ2n) is 5.36. The van der Waals surface area contributed by atoms with E-state index in [0.717, 1.165) is 0 Å². The van der Waals surface area contributed by atoms with Crippen molar-refractivity contribution in [3.8, 4) is 0 Å². The molecule has 122 valence electrons. The van der Waals surface area contributed by atoms with Crippen LogP contribution in [-0.2, 0) is 0 Å². The lowest BCUT2D eigenvalue weighted by molar-refractivity contribution is 0.180. The molecule has 0 fully saturated rings. The number of hydrogen-bond donors (Lipinski definition) is 2. The number of benzene rings is 2. The Labute approximate surface area is 137 Å². The largest absolute Gasteiger partial charge is 0.395 e. The number of amides is 2. The molecule has 4 heteroatoms. The number of likely N-dealkylation sites (N-methyl/N-ethyl adjacent to an activating group) is 1. The van der Waals surface area contributed by atoms with Gasteiger partial charge < -0.3 is 15.3 Å².